The zero-order valence-electron chi connectivity index (χ0n) is 23.5. The lowest BCUT2D eigenvalue weighted by atomic mass is 10.1. The Morgan fingerprint density at radius 1 is 0.644 bits per heavy atom. The van der Waals surface area contributed by atoms with Gasteiger partial charge in [-0.15, -0.1) is 0 Å². The van der Waals surface area contributed by atoms with E-state index >= 15 is 0 Å². The first-order valence-electron chi connectivity index (χ1n) is 13.5. The average molecular weight is 639 g/mol. The van der Waals surface area contributed by atoms with Crippen molar-refractivity contribution in [2.45, 2.75) is 0 Å². The van der Waals surface area contributed by atoms with Crippen molar-refractivity contribution >= 4 is 47.3 Å². The molecule has 5 rings (SSSR count). The largest absolute Gasteiger partial charge is 0.484 e. The number of benzene rings is 5. The highest BCUT2D eigenvalue weighted by atomic mass is 35.5. The fourth-order valence-electron chi connectivity index (χ4n) is 4.00. The van der Waals surface area contributed by atoms with Crippen molar-refractivity contribution in [3.63, 3.8) is 0 Å². The quantitative estimate of drug-likeness (QED) is 0.0730. The lowest BCUT2D eigenvalue weighted by Gasteiger charge is -2.11. The fraction of sp³-hybridized carbons (Fsp3) is 0.0286. The van der Waals surface area contributed by atoms with Gasteiger partial charge in [-0.1, -0.05) is 65.7 Å². The number of nitrogens with one attached hydrogen (secondary N) is 1. The molecule has 5 aromatic rings. The van der Waals surface area contributed by atoms with Crippen LogP contribution in [0.4, 0.5) is 0 Å². The molecule has 45 heavy (non-hydrogen) atoms. The van der Waals surface area contributed by atoms with Gasteiger partial charge in [0.1, 0.15) is 17.2 Å². The number of carbonyl (C=O) groups is 3. The summed E-state index contributed by atoms with van der Waals surface area (Å²) >= 11 is 11.8. The third kappa shape index (κ3) is 8.79. The van der Waals surface area contributed by atoms with Crippen LogP contribution < -0.4 is 19.6 Å². The van der Waals surface area contributed by atoms with Gasteiger partial charge in [-0.3, -0.25) is 4.79 Å². The Morgan fingerprint density at radius 3 is 1.82 bits per heavy atom. The summed E-state index contributed by atoms with van der Waals surface area (Å²) in [6, 6.07) is 34.0. The van der Waals surface area contributed by atoms with Gasteiger partial charge in [0.15, 0.2) is 6.61 Å². The molecule has 0 saturated carbocycles. The summed E-state index contributed by atoms with van der Waals surface area (Å²) in [5, 5.41) is 4.91. The minimum absolute atomic E-state index is 0.0316. The van der Waals surface area contributed by atoms with E-state index in [1.54, 1.807) is 36.4 Å². The Bertz CT molecular complexity index is 1830. The highest BCUT2D eigenvalue weighted by molar-refractivity contribution is 6.31. The molecule has 0 aromatic heterocycles. The minimum Gasteiger partial charge on any atom is -0.484 e. The van der Waals surface area contributed by atoms with Crippen LogP contribution in [-0.2, 0) is 4.79 Å². The summed E-state index contributed by atoms with van der Waals surface area (Å²) in [4.78, 5) is 37.9. The fourth-order valence-corrected chi connectivity index (χ4v) is 4.25. The van der Waals surface area contributed by atoms with E-state index in [1.807, 2.05) is 42.5 Å². The Kier molecular flexibility index (Phi) is 10.2. The van der Waals surface area contributed by atoms with E-state index in [2.05, 4.69) is 10.5 Å². The molecule has 0 bridgehead atoms. The smallest absolute Gasteiger partial charge is 0.343 e. The number of nitrogens with zero attached hydrogens (tertiary/aromatic N) is 1. The van der Waals surface area contributed by atoms with Gasteiger partial charge in [-0.05, 0) is 83.9 Å². The number of amides is 1. The van der Waals surface area contributed by atoms with Gasteiger partial charge >= 0.3 is 11.9 Å². The molecule has 0 aliphatic carbocycles. The molecule has 0 radical (unpaired) electrons. The van der Waals surface area contributed by atoms with E-state index in [0.29, 0.717) is 21.4 Å². The van der Waals surface area contributed by atoms with Crippen LogP contribution in [0.25, 0.3) is 11.1 Å². The van der Waals surface area contributed by atoms with Crippen LogP contribution in [0.2, 0.25) is 10.0 Å². The van der Waals surface area contributed by atoms with Gasteiger partial charge < -0.3 is 14.2 Å². The van der Waals surface area contributed by atoms with Crippen LogP contribution in [0.3, 0.4) is 0 Å². The molecule has 0 aliphatic heterocycles. The third-order valence-electron chi connectivity index (χ3n) is 6.28. The average Bonchev–Trinajstić information content (AvgIpc) is 3.06. The summed E-state index contributed by atoms with van der Waals surface area (Å²) in [6.45, 7) is -0.278. The summed E-state index contributed by atoms with van der Waals surface area (Å²) in [6.07, 6.45) is 1.29. The number of hydrogen-bond acceptors (Lipinski definition) is 7. The van der Waals surface area contributed by atoms with E-state index in [0.717, 1.165) is 11.1 Å². The van der Waals surface area contributed by atoms with Crippen LogP contribution in [0.1, 0.15) is 26.3 Å². The summed E-state index contributed by atoms with van der Waals surface area (Å²) in [5.41, 5.74) is 5.32. The molecule has 1 amide bonds. The number of hydrazone groups is 1. The molecule has 0 unspecified atom stereocenters. The molecule has 224 valence electrons. The normalized spacial score (nSPS) is 10.7. The molecule has 0 fully saturated rings. The van der Waals surface area contributed by atoms with Crippen LogP contribution in [0, 0.1) is 0 Å². The van der Waals surface area contributed by atoms with E-state index in [-0.39, 0.29) is 29.2 Å². The maximum absolute atomic E-state index is 12.9. The SMILES string of the molecule is O=C(COc1ccc(-c2ccccc2)cc1)NN=Cc1ccc(OC(=O)c2ccc(Cl)cc2)cc1OC(=O)c1ccc(Cl)cc1. The van der Waals surface area contributed by atoms with Crippen molar-refractivity contribution in [3.05, 3.63) is 148 Å². The summed E-state index contributed by atoms with van der Waals surface area (Å²) in [5.74, 6) is -1.16. The Morgan fingerprint density at radius 2 is 1.20 bits per heavy atom. The summed E-state index contributed by atoms with van der Waals surface area (Å²) < 4.78 is 16.6. The van der Waals surface area contributed by atoms with Crippen molar-refractivity contribution in [2.75, 3.05) is 6.61 Å². The predicted molar refractivity (Wildman–Crippen MR) is 172 cm³/mol. The van der Waals surface area contributed by atoms with E-state index in [9.17, 15) is 14.4 Å². The van der Waals surface area contributed by atoms with Gasteiger partial charge in [-0.25, -0.2) is 15.0 Å². The number of rotatable bonds is 10. The van der Waals surface area contributed by atoms with Crippen molar-refractivity contribution in [2.24, 2.45) is 5.10 Å². The van der Waals surface area contributed by atoms with Crippen LogP contribution in [-0.4, -0.2) is 30.7 Å². The maximum atomic E-state index is 12.9. The Balaban J connectivity index is 1.24. The molecular weight excluding hydrogens is 615 g/mol. The van der Waals surface area contributed by atoms with Crippen molar-refractivity contribution in [1.82, 2.24) is 5.43 Å². The first-order valence-corrected chi connectivity index (χ1v) is 14.3. The second kappa shape index (κ2) is 14.8. The minimum atomic E-state index is -0.682. The lowest BCUT2D eigenvalue weighted by molar-refractivity contribution is -0.123. The number of ether oxygens (including phenoxy) is 3. The van der Waals surface area contributed by atoms with E-state index in [4.69, 9.17) is 37.4 Å². The highest BCUT2D eigenvalue weighted by Gasteiger charge is 2.15. The second-order valence-corrected chi connectivity index (χ2v) is 10.3. The standard InChI is InChI=1S/C35H24Cl2N2O6/c36-28-13-6-25(7-14-28)34(41)44-31-19-12-27(32(20-31)45-35(42)26-8-15-29(37)16-9-26)21-38-39-33(40)22-43-30-17-10-24(11-18-30)23-4-2-1-3-5-23/h1-21H,22H2,(H,39,40). The number of halogens is 2. The molecule has 5 aromatic carbocycles. The van der Waals surface area contributed by atoms with Crippen LogP contribution >= 0.6 is 23.2 Å². The molecule has 0 aliphatic rings. The monoisotopic (exact) mass is 638 g/mol. The molecule has 8 nitrogen and oxygen atoms in total. The molecule has 10 heteroatoms. The third-order valence-corrected chi connectivity index (χ3v) is 6.79. The Hall–Kier alpha value is -5.44. The predicted octanol–water partition coefficient (Wildman–Crippen LogP) is 7.63. The number of hydrogen-bond donors (Lipinski definition) is 1. The van der Waals surface area contributed by atoms with E-state index < -0.39 is 17.8 Å². The van der Waals surface area contributed by atoms with Crippen LogP contribution in [0.5, 0.6) is 17.2 Å². The molecule has 0 heterocycles. The topological polar surface area (TPSA) is 103 Å². The first kappa shape index (κ1) is 31.0. The lowest BCUT2D eigenvalue weighted by Crippen LogP contribution is -2.24. The number of esters is 2. The zero-order chi connectivity index (χ0) is 31.6. The molecule has 0 spiro atoms. The van der Waals surface area contributed by atoms with Crippen molar-refractivity contribution in [1.29, 1.82) is 0 Å². The highest BCUT2D eigenvalue weighted by Crippen LogP contribution is 2.26. The van der Waals surface area contributed by atoms with E-state index in [1.165, 1.54) is 48.7 Å². The van der Waals surface area contributed by atoms with Crippen molar-refractivity contribution < 1.29 is 28.6 Å². The van der Waals surface area contributed by atoms with Gasteiger partial charge in [-0.2, -0.15) is 5.10 Å². The molecular formula is C35H24Cl2N2O6. The first-order chi connectivity index (χ1) is 21.8. The van der Waals surface area contributed by atoms with Gasteiger partial charge in [0.05, 0.1) is 17.3 Å². The number of carbonyl (C=O) groups excluding carboxylic acids is 3. The van der Waals surface area contributed by atoms with Crippen molar-refractivity contribution in [3.8, 4) is 28.4 Å². The second-order valence-electron chi connectivity index (χ2n) is 9.46. The van der Waals surface area contributed by atoms with Crippen LogP contribution in [0.15, 0.2) is 126 Å². The van der Waals surface area contributed by atoms with Gasteiger partial charge in [0, 0.05) is 21.7 Å². The molecule has 0 atom stereocenters. The zero-order valence-corrected chi connectivity index (χ0v) is 25.0. The van der Waals surface area contributed by atoms with Gasteiger partial charge in [0.25, 0.3) is 5.91 Å². The summed E-state index contributed by atoms with van der Waals surface area (Å²) in [7, 11) is 0. The molecule has 0 saturated heterocycles. The maximum Gasteiger partial charge on any atom is 0.343 e. The molecule has 1 N–H and O–H groups in total. The van der Waals surface area contributed by atoms with Gasteiger partial charge in [0.2, 0.25) is 0 Å². The Labute approximate surface area is 268 Å².